The Morgan fingerprint density at radius 2 is 2.23 bits per heavy atom. The van der Waals surface area contributed by atoms with Gasteiger partial charge < -0.3 is 9.72 Å². The van der Waals surface area contributed by atoms with Gasteiger partial charge in [-0.2, -0.15) is 0 Å². The second kappa shape index (κ2) is 6.83. The summed E-state index contributed by atoms with van der Waals surface area (Å²) in [7, 11) is 0. The van der Waals surface area contributed by atoms with Crippen molar-refractivity contribution in [2.24, 2.45) is 0 Å². The number of fused-ring (bicyclic) bond motifs is 3. The van der Waals surface area contributed by atoms with E-state index in [4.69, 9.17) is 4.74 Å². The number of nitrogens with zero attached hydrogens (tertiary/aromatic N) is 1. The van der Waals surface area contributed by atoms with Gasteiger partial charge in [0.2, 0.25) is 0 Å². The average Bonchev–Trinajstić information content (AvgIpc) is 2.89. The number of esters is 1. The molecule has 2 aromatic rings. The second-order valence-electron chi connectivity index (χ2n) is 5.27. The van der Waals surface area contributed by atoms with Crippen molar-refractivity contribution >= 4 is 39.3 Å². The van der Waals surface area contributed by atoms with Crippen molar-refractivity contribution in [3.05, 3.63) is 20.8 Å². The second-order valence-corrected chi connectivity index (χ2v) is 7.32. The first-order valence-corrected chi connectivity index (χ1v) is 9.32. The van der Waals surface area contributed by atoms with Gasteiger partial charge in [0.25, 0.3) is 5.56 Å². The highest BCUT2D eigenvalue weighted by atomic mass is 32.2. The van der Waals surface area contributed by atoms with Crippen LogP contribution < -0.4 is 5.56 Å². The normalized spacial score (nSPS) is 14.0. The van der Waals surface area contributed by atoms with Crippen LogP contribution in [0.15, 0.2) is 9.95 Å². The first-order valence-electron chi connectivity index (χ1n) is 7.52. The van der Waals surface area contributed by atoms with Gasteiger partial charge in [-0.15, -0.1) is 11.3 Å². The Morgan fingerprint density at radius 3 is 3.05 bits per heavy atom. The molecule has 0 saturated heterocycles. The van der Waals surface area contributed by atoms with E-state index in [1.54, 1.807) is 11.3 Å². The Kier molecular flexibility index (Phi) is 4.83. The topological polar surface area (TPSA) is 72.0 Å². The van der Waals surface area contributed by atoms with E-state index < -0.39 is 0 Å². The summed E-state index contributed by atoms with van der Waals surface area (Å²) >= 11 is 2.83. The van der Waals surface area contributed by atoms with Crippen LogP contribution in [0.2, 0.25) is 0 Å². The van der Waals surface area contributed by atoms with Gasteiger partial charge in [0.05, 0.1) is 17.7 Å². The number of nitrogens with one attached hydrogen (secondary N) is 1. The number of aryl methyl sites for hydroxylation is 2. The van der Waals surface area contributed by atoms with Gasteiger partial charge in [-0.25, -0.2) is 4.98 Å². The van der Waals surface area contributed by atoms with Crippen molar-refractivity contribution in [2.75, 3.05) is 12.4 Å². The van der Waals surface area contributed by atoms with Crippen LogP contribution in [0.4, 0.5) is 0 Å². The molecule has 0 saturated carbocycles. The number of carbonyl (C=O) groups excluding carboxylic acids is 1. The van der Waals surface area contributed by atoms with Gasteiger partial charge in [-0.05, 0) is 37.7 Å². The number of aromatic nitrogens is 2. The highest BCUT2D eigenvalue weighted by Gasteiger charge is 2.20. The lowest BCUT2D eigenvalue weighted by molar-refractivity contribution is -0.140. The van der Waals surface area contributed by atoms with Gasteiger partial charge in [-0.1, -0.05) is 18.7 Å². The average molecular weight is 338 g/mol. The molecule has 5 nitrogen and oxygen atoms in total. The van der Waals surface area contributed by atoms with Crippen molar-refractivity contribution in [3.63, 3.8) is 0 Å². The molecule has 1 N–H and O–H groups in total. The molecule has 0 unspecified atom stereocenters. The molecule has 0 amide bonds. The zero-order valence-electron chi connectivity index (χ0n) is 12.4. The molecular weight excluding hydrogens is 320 g/mol. The van der Waals surface area contributed by atoms with Crippen LogP contribution in [0.3, 0.4) is 0 Å². The van der Waals surface area contributed by atoms with Crippen molar-refractivity contribution in [3.8, 4) is 0 Å². The SMILES string of the molecule is CCCOC(=O)CSc1nc2sc3c(c2c(=O)[nH]1)CCCC3. The van der Waals surface area contributed by atoms with Crippen LogP contribution in [0.25, 0.3) is 10.2 Å². The summed E-state index contributed by atoms with van der Waals surface area (Å²) in [6.07, 6.45) is 5.14. The highest BCUT2D eigenvalue weighted by molar-refractivity contribution is 7.99. The van der Waals surface area contributed by atoms with Crippen LogP contribution in [-0.4, -0.2) is 28.3 Å². The van der Waals surface area contributed by atoms with Crippen LogP contribution in [0.1, 0.15) is 36.6 Å². The summed E-state index contributed by atoms with van der Waals surface area (Å²) in [6.45, 7) is 2.38. The summed E-state index contributed by atoms with van der Waals surface area (Å²) in [5, 5.41) is 1.24. The molecule has 0 fully saturated rings. The molecule has 7 heteroatoms. The summed E-state index contributed by atoms with van der Waals surface area (Å²) in [5.74, 6) is -0.112. The van der Waals surface area contributed by atoms with Gasteiger partial charge in [-0.3, -0.25) is 9.59 Å². The smallest absolute Gasteiger partial charge is 0.316 e. The van der Waals surface area contributed by atoms with E-state index in [1.165, 1.54) is 28.6 Å². The lowest BCUT2D eigenvalue weighted by Crippen LogP contribution is -2.12. The Balaban J connectivity index is 1.81. The fourth-order valence-corrected chi connectivity index (χ4v) is 4.58. The van der Waals surface area contributed by atoms with Crippen LogP contribution >= 0.6 is 23.1 Å². The minimum absolute atomic E-state index is 0.0891. The molecule has 0 atom stereocenters. The molecule has 2 aromatic heterocycles. The number of hydrogen-bond donors (Lipinski definition) is 1. The first kappa shape index (κ1) is 15.6. The first-order chi connectivity index (χ1) is 10.7. The van der Waals surface area contributed by atoms with Gasteiger partial charge in [0, 0.05) is 4.88 Å². The molecule has 22 heavy (non-hydrogen) atoms. The van der Waals surface area contributed by atoms with E-state index >= 15 is 0 Å². The van der Waals surface area contributed by atoms with Crippen LogP contribution in [0.5, 0.6) is 0 Å². The molecule has 0 aliphatic heterocycles. The van der Waals surface area contributed by atoms with Crippen molar-refractivity contribution in [1.29, 1.82) is 0 Å². The fraction of sp³-hybridized carbons (Fsp3) is 0.533. The molecule has 0 aromatic carbocycles. The molecule has 1 aliphatic rings. The Morgan fingerprint density at radius 1 is 1.41 bits per heavy atom. The minimum Gasteiger partial charge on any atom is -0.465 e. The Labute approximate surface area is 136 Å². The third kappa shape index (κ3) is 3.20. The van der Waals surface area contributed by atoms with Crippen LogP contribution in [0, 0.1) is 0 Å². The summed E-state index contributed by atoms with van der Waals surface area (Å²) < 4.78 is 5.02. The van der Waals surface area contributed by atoms with E-state index in [0.29, 0.717) is 11.8 Å². The largest absolute Gasteiger partial charge is 0.465 e. The molecule has 2 heterocycles. The predicted octanol–water partition coefficient (Wildman–Crippen LogP) is 2.91. The zero-order valence-corrected chi connectivity index (χ0v) is 14.1. The maximum absolute atomic E-state index is 12.3. The molecule has 118 valence electrons. The molecule has 0 radical (unpaired) electrons. The molecular formula is C15H18N2O3S2. The monoisotopic (exact) mass is 338 g/mol. The maximum atomic E-state index is 12.3. The van der Waals surface area contributed by atoms with Gasteiger partial charge in [0.1, 0.15) is 4.83 Å². The summed E-state index contributed by atoms with van der Waals surface area (Å²) in [5.41, 5.74) is 1.09. The number of H-pyrrole nitrogens is 1. The molecule has 3 rings (SSSR count). The van der Waals surface area contributed by atoms with Crippen LogP contribution in [-0.2, 0) is 22.4 Å². The Bertz CT molecular complexity index is 751. The number of ether oxygens (including phenoxy) is 1. The standard InChI is InChI=1S/C15H18N2O3S2/c1-2-7-20-11(18)8-21-15-16-13(19)12-9-5-3-4-6-10(9)22-14(12)17-15/h2-8H2,1H3,(H,16,17,19). The van der Waals surface area contributed by atoms with E-state index in [1.807, 2.05) is 6.92 Å². The van der Waals surface area contributed by atoms with Crippen molar-refractivity contribution in [1.82, 2.24) is 9.97 Å². The number of carbonyl (C=O) groups is 1. The molecule has 1 aliphatic carbocycles. The number of hydrogen-bond acceptors (Lipinski definition) is 6. The quantitative estimate of drug-likeness (QED) is 0.515. The third-order valence-electron chi connectivity index (χ3n) is 3.60. The number of rotatable bonds is 5. The Hall–Kier alpha value is -1.34. The summed E-state index contributed by atoms with van der Waals surface area (Å²) in [6, 6.07) is 0. The van der Waals surface area contributed by atoms with Gasteiger partial charge >= 0.3 is 5.97 Å². The van der Waals surface area contributed by atoms with E-state index in [9.17, 15) is 9.59 Å². The summed E-state index contributed by atoms with van der Waals surface area (Å²) in [4.78, 5) is 33.2. The molecule has 0 spiro atoms. The maximum Gasteiger partial charge on any atom is 0.316 e. The van der Waals surface area contributed by atoms with Crippen molar-refractivity contribution < 1.29 is 9.53 Å². The highest BCUT2D eigenvalue weighted by Crippen LogP contribution is 2.34. The lowest BCUT2D eigenvalue weighted by Gasteiger charge is -2.09. The number of aromatic amines is 1. The number of thiophene rings is 1. The molecule has 0 bridgehead atoms. The van der Waals surface area contributed by atoms with E-state index in [0.717, 1.165) is 35.9 Å². The van der Waals surface area contributed by atoms with E-state index in [2.05, 4.69) is 9.97 Å². The zero-order chi connectivity index (χ0) is 15.5. The fourth-order valence-electron chi connectivity index (χ4n) is 2.60. The van der Waals surface area contributed by atoms with Gasteiger partial charge in [0.15, 0.2) is 5.16 Å². The van der Waals surface area contributed by atoms with Crippen molar-refractivity contribution in [2.45, 2.75) is 44.2 Å². The number of thioether (sulfide) groups is 1. The lowest BCUT2D eigenvalue weighted by atomic mass is 9.97. The third-order valence-corrected chi connectivity index (χ3v) is 5.63. The predicted molar refractivity (Wildman–Crippen MR) is 88.9 cm³/mol. The van der Waals surface area contributed by atoms with E-state index in [-0.39, 0.29) is 17.3 Å². The minimum atomic E-state index is -0.278.